The third-order valence-corrected chi connectivity index (χ3v) is 3.34. The number of thioether (sulfide) groups is 1. The van der Waals surface area contributed by atoms with Crippen molar-refractivity contribution in [1.29, 1.82) is 0 Å². The Morgan fingerprint density at radius 1 is 1.28 bits per heavy atom. The molecular weight excluding hydrogens is 261 g/mol. The van der Waals surface area contributed by atoms with Crippen molar-refractivity contribution in [3.05, 3.63) is 30.1 Å². The fraction of sp³-hybridized carbons (Fsp3) is 0.417. The van der Waals surface area contributed by atoms with Crippen molar-refractivity contribution >= 4 is 22.8 Å². The standard InChI is InChI=1S/C12H13F3N2S/c1-2-11-16-9-5-3-4-6-10(9)17(11)7-8-18-12(13,14)15/h3-6H,2,7-8H2,1H3. The van der Waals surface area contributed by atoms with Crippen molar-refractivity contribution in [1.82, 2.24) is 9.55 Å². The average Bonchev–Trinajstić information content (AvgIpc) is 2.66. The molecule has 98 valence electrons. The van der Waals surface area contributed by atoms with Gasteiger partial charge in [0.15, 0.2) is 0 Å². The van der Waals surface area contributed by atoms with Crippen LogP contribution in [-0.2, 0) is 13.0 Å². The minimum atomic E-state index is -4.16. The van der Waals surface area contributed by atoms with Crippen LogP contribution in [0.5, 0.6) is 0 Å². The third kappa shape index (κ3) is 2.98. The fourth-order valence-corrected chi connectivity index (χ4v) is 2.40. The molecule has 0 radical (unpaired) electrons. The SMILES string of the molecule is CCc1nc2ccccc2n1CCSC(F)(F)F. The van der Waals surface area contributed by atoms with Gasteiger partial charge in [-0.1, -0.05) is 19.1 Å². The first-order chi connectivity index (χ1) is 8.51. The number of aromatic nitrogens is 2. The predicted molar refractivity (Wildman–Crippen MR) is 67.6 cm³/mol. The van der Waals surface area contributed by atoms with Crippen LogP contribution in [0.4, 0.5) is 13.2 Å². The highest BCUT2D eigenvalue weighted by Crippen LogP contribution is 2.30. The van der Waals surface area contributed by atoms with E-state index in [9.17, 15) is 13.2 Å². The van der Waals surface area contributed by atoms with Gasteiger partial charge in [0.05, 0.1) is 11.0 Å². The Morgan fingerprint density at radius 2 is 2.00 bits per heavy atom. The van der Waals surface area contributed by atoms with Crippen LogP contribution in [0.2, 0.25) is 0 Å². The van der Waals surface area contributed by atoms with E-state index in [4.69, 9.17) is 0 Å². The second kappa shape index (κ2) is 5.22. The number of fused-ring (bicyclic) bond motifs is 1. The maximum Gasteiger partial charge on any atom is 0.441 e. The summed E-state index contributed by atoms with van der Waals surface area (Å²) in [5, 5.41) is 0. The number of para-hydroxylation sites is 2. The summed E-state index contributed by atoms with van der Waals surface area (Å²) in [6.07, 6.45) is 0.714. The summed E-state index contributed by atoms with van der Waals surface area (Å²) in [6.45, 7) is 2.28. The Bertz CT molecular complexity index is 534. The smallest absolute Gasteiger partial charge is 0.327 e. The molecule has 18 heavy (non-hydrogen) atoms. The molecule has 0 spiro atoms. The van der Waals surface area contributed by atoms with Crippen molar-refractivity contribution in [2.75, 3.05) is 5.75 Å². The molecule has 0 atom stereocenters. The number of benzene rings is 1. The zero-order valence-corrected chi connectivity index (χ0v) is 10.7. The minimum absolute atomic E-state index is 0.0108. The molecule has 0 saturated heterocycles. The summed E-state index contributed by atoms with van der Waals surface area (Å²) in [6, 6.07) is 7.52. The number of halogens is 3. The van der Waals surface area contributed by atoms with E-state index in [1.807, 2.05) is 35.8 Å². The molecule has 0 amide bonds. The topological polar surface area (TPSA) is 17.8 Å². The first kappa shape index (κ1) is 13.3. The minimum Gasteiger partial charge on any atom is -0.327 e. The molecule has 0 saturated carbocycles. The third-order valence-electron chi connectivity index (χ3n) is 2.63. The maximum absolute atomic E-state index is 12.1. The average molecular weight is 274 g/mol. The first-order valence-electron chi connectivity index (χ1n) is 5.66. The fourth-order valence-electron chi connectivity index (χ4n) is 1.90. The van der Waals surface area contributed by atoms with Gasteiger partial charge in [-0.05, 0) is 23.9 Å². The summed E-state index contributed by atoms with van der Waals surface area (Å²) in [7, 11) is 0. The van der Waals surface area contributed by atoms with Gasteiger partial charge in [-0.3, -0.25) is 0 Å². The molecule has 2 aromatic rings. The molecule has 6 heteroatoms. The summed E-state index contributed by atoms with van der Waals surface area (Å²) in [5.74, 6) is 0.843. The number of hydrogen-bond acceptors (Lipinski definition) is 2. The highest BCUT2D eigenvalue weighted by atomic mass is 32.2. The molecule has 2 nitrogen and oxygen atoms in total. The Hall–Kier alpha value is -1.17. The molecular formula is C12H13F3N2S. The monoisotopic (exact) mass is 274 g/mol. The summed E-state index contributed by atoms with van der Waals surface area (Å²) >= 11 is 0.0109. The van der Waals surface area contributed by atoms with Gasteiger partial charge in [0, 0.05) is 18.7 Å². The van der Waals surface area contributed by atoms with Crippen molar-refractivity contribution in [2.24, 2.45) is 0 Å². The highest BCUT2D eigenvalue weighted by Gasteiger charge is 2.27. The number of nitrogens with zero attached hydrogens (tertiary/aromatic N) is 2. The Morgan fingerprint density at radius 3 is 2.67 bits per heavy atom. The van der Waals surface area contributed by atoms with Gasteiger partial charge in [0.2, 0.25) is 0 Å². The van der Waals surface area contributed by atoms with E-state index in [0.29, 0.717) is 13.0 Å². The van der Waals surface area contributed by atoms with E-state index in [-0.39, 0.29) is 17.5 Å². The lowest BCUT2D eigenvalue weighted by Crippen LogP contribution is -2.09. The molecule has 0 bridgehead atoms. The molecule has 0 fully saturated rings. The van der Waals surface area contributed by atoms with E-state index in [0.717, 1.165) is 16.9 Å². The van der Waals surface area contributed by atoms with Crippen LogP contribution in [0.3, 0.4) is 0 Å². The van der Waals surface area contributed by atoms with Gasteiger partial charge < -0.3 is 4.57 Å². The predicted octanol–water partition coefficient (Wildman–Crippen LogP) is 3.85. The van der Waals surface area contributed by atoms with Crippen LogP contribution >= 0.6 is 11.8 Å². The number of hydrogen-bond donors (Lipinski definition) is 0. The zero-order chi connectivity index (χ0) is 13.2. The molecule has 0 N–H and O–H groups in total. The summed E-state index contributed by atoms with van der Waals surface area (Å²) in [4.78, 5) is 4.42. The van der Waals surface area contributed by atoms with Crippen LogP contribution in [-0.4, -0.2) is 20.8 Å². The number of rotatable bonds is 4. The van der Waals surface area contributed by atoms with Crippen LogP contribution in [0.1, 0.15) is 12.7 Å². The Balaban J connectivity index is 2.20. The molecule has 0 aliphatic heterocycles. The molecule has 1 aromatic heterocycles. The van der Waals surface area contributed by atoms with E-state index in [1.165, 1.54) is 0 Å². The van der Waals surface area contributed by atoms with Gasteiger partial charge in [0.1, 0.15) is 5.82 Å². The summed E-state index contributed by atoms with van der Waals surface area (Å²) < 4.78 is 38.2. The Labute approximate surface area is 107 Å². The van der Waals surface area contributed by atoms with Gasteiger partial charge in [-0.15, -0.1) is 0 Å². The van der Waals surface area contributed by atoms with E-state index < -0.39 is 5.51 Å². The first-order valence-corrected chi connectivity index (χ1v) is 6.64. The van der Waals surface area contributed by atoms with Gasteiger partial charge in [0.25, 0.3) is 0 Å². The van der Waals surface area contributed by atoms with E-state index in [1.54, 1.807) is 0 Å². The molecule has 0 unspecified atom stereocenters. The second-order valence-corrected chi connectivity index (χ2v) is 4.98. The lowest BCUT2D eigenvalue weighted by atomic mass is 10.3. The largest absolute Gasteiger partial charge is 0.441 e. The van der Waals surface area contributed by atoms with Crippen LogP contribution < -0.4 is 0 Å². The van der Waals surface area contributed by atoms with Crippen LogP contribution in [0, 0.1) is 0 Å². The van der Waals surface area contributed by atoms with Crippen molar-refractivity contribution in [3.8, 4) is 0 Å². The molecule has 2 rings (SSSR count). The number of aryl methyl sites for hydroxylation is 2. The molecule has 0 aliphatic carbocycles. The number of alkyl halides is 3. The maximum atomic E-state index is 12.1. The molecule has 0 aliphatic rings. The lowest BCUT2D eigenvalue weighted by molar-refractivity contribution is -0.0328. The molecule has 1 heterocycles. The van der Waals surface area contributed by atoms with Crippen LogP contribution in [0.25, 0.3) is 11.0 Å². The molecule has 1 aromatic carbocycles. The second-order valence-electron chi connectivity index (χ2n) is 3.82. The van der Waals surface area contributed by atoms with Crippen molar-refractivity contribution in [3.63, 3.8) is 0 Å². The number of imidazole rings is 1. The lowest BCUT2D eigenvalue weighted by Gasteiger charge is -2.09. The van der Waals surface area contributed by atoms with Crippen molar-refractivity contribution < 1.29 is 13.2 Å². The quantitative estimate of drug-likeness (QED) is 0.842. The van der Waals surface area contributed by atoms with Gasteiger partial charge >= 0.3 is 5.51 Å². The van der Waals surface area contributed by atoms with E-state index >= 15 is 0 Å². The normalized spacial score (nSPS) is 12.2. The van der Waals surface area contributed by atoms with Crippen LogP contribution in [0.15, 0.2) is 24.3 Å². The van der Waals surface area contributed by atoms with Gasteiger partial charge in [-0.25, -0.2) is 4.98 Å². The van der Waals surface area contributed by atoms with Gasteiger partial charge in [-0.2, -0.15) is 13.2 Å². The Kier molecular flexibility index (Phi) is 3.85. The van der Waals surface area contributed by atoms with Crippen molar-refractivity contribution in [2.45, 2.75) is 25.4 Å². The highest BCUT2D eigenvalue weighted by molar-refractivity contribution is 8.00. The summed E-state index contributed by atoms with van der Waals surface area (Å²) in [5.41, 5.74) is -2.42. The zero-order valence-electron chi connectivity index (χ0n) is 9.87. The van der Waals surface area contributed by atoms with E-state index in [2.05, 4.69) is 4.98 Å².